The number of aromatic nitrogens is 3. The Morgan fingerprint density at radius 3 is 2.70 bits per heavy atom. The number of para-hydroxylation sites is 1. The molecule has 3 heterocycles. The van der Waals surface area contributed by atoms with Gasteiger partial charge in [-0.1, -0.05) is 49.9 Å². The largest absolute Gasteiger partial charge is 0.347 e. The third kappa shape index (κ3) is 4.40. The van der Waals surface area contributed by atoms with E-state index in [-0.39, 0.29) is 33.9 Å². The number of hydrogen-bond acceptors (Lipinski definition) is 7. The van der Waals surface area contributed by atoms with Gasteiger partial charge in [0.1, 0.15) is 5.82 Å². The highest BCUT2D eigenvalue weighted by Gasteiger charge is 2.39. The molecule has 9 heteroatoms. The number of allylic oxidation sites excluding steroid dienone is 3. The van der Waals surface area contributed by atoms with Crippen molar-refractivity contribution in [2.75, 3.05) is 23.5 Å². The second-order valence-electron chi connectivity index (χ2n) is 9.23. The third-order valence-electron chi connectivity index (χ3n) is 6.56. The summed E-state index contributed by atoms with van der Waals surface area (Å²) in [7, 11) is -1.04. The molecule has 0 spiro atoms. The van der Waals surface area contributed by atoms with Crippen molar-refractivity contribution >= 4 is 33.1 Å². The minimum absolute atomic E-state index is 0.000813. The molecule has 2 aliphatic rings. The van der Waals surface area contributed by atoms with E-state index in [1.165, 1.54) is 17.3 Å². The Bertz CT molecular complexity index is 1230. The van der Waals surface area contributed by atoms with Crippen LogP contribution in [0.25, 0.3) is 0 Å². The van der Waals surface area contributed by atoms with E-state index in [0.29, 0.717) is 23.9 Å². The minimum atomic E-state index is -3.04. The molecule has 2 aromatic rings. The van der Waals surface area contributed by atoms with Crippen LogP contribution in [0.3, 0.4) is 0 Å². The topological polar surface area (TPSA) is 85.2 Å². The van der Waals surface area contributed by atoms with Crippen molar-refractivity contribution in [1.29, 1.82) is 0 Å². The summed E-state index contributed by atoms with van der Waals surface area (Å²) in [6, 6.07) is 8.21. The van der Waals surface area contributed by atoms with Crippen molar-refractivity contribution < 1.29 is 13.2 Å². The standard InChI is InChI=1S/C24H30N4O3S2/c1-6-12-28-22(17-11-13-33(30,31)15-17)25-26-23(28)32-16(2)20(29)14-21-24(3,4)18-9-7-8-10-19(18)27(21)5/h6-10,14,16-17H,1,11-13,15H2,2-5H3/b21-14+. The Morgan fingerprint density at radius 1 is 1.33 bits per heavy atom. The quantitative estimate of drug-likeness (QED) is 0.335. The van der Waals surface area contributed by atoms with E-state index < -0.39 is 9.84 Å². The number of benzene rings is 1. The second kappa shape index (κ2) is 8.76. The highest BCUT2D eigenvalue weighted by molar-refractivity contribution is 8.00. The first kappa shape index (κ1) is 23.8. The maximum atomic E-state index is 13.2. The highest BCUT2D eigenvalue weighted by atomic mass is 32.2. The molecular weight excluding hydrogens is 456 g/mol. The first-order valence-electron chi connectivity index (χ1n) is 11.1. The second-order valence-corrected chi connectivity index (χ2v) is 12.8. The molecule has 0 bridgehead atoms. The molecule has 2 unspecified atom stereocenters. The predicted molar refractivity (Wildman–Crippen MR) is 133 cm³/mol. The molecule has 0 N–H and O–H groups in total. The maximum Gasteiger partial charge on any atom is 0.192 e. The molecule has 7 nitrogen and oxygen atoms in total. The van der Waals surface area contributed by atoms with E-state index in [1.54, 1.807) is 12.2 Å². The maximum absolute atomic E-state index is 13.2. The Balaban J connectivity index is 1.56. The summed E-state index contributed by atoms with van der Waals surface area (Å²) >= 11 is 1.35. The van der Waals surface area contributed by atoms with Gasteiger partial charge in [-0.15, -0.1) is 16.8 Å². The van der Waals surface area contributed by atoms with Crippen molar-refractivity contribution in [2.24, 2.45) is 0 Å². The van der Waals surface area contributed by atoms with Crippen molar-refractivity contribution in [3.8, 4) is 0 Å². The van der Waals surface area contributed by atoms with Crippen LogP contribution in [0.2, 0.25) is 0 Å². The van der Waals surface area contributed by atoms with Crippen LogP contribution in [0.1, 0.15) is 44.5 Å². The van der Waals surface area contributed by atoms with Crippen LogP contribution in [0.5, 0.6) is 0 Å². The van der Waals surface area contributed by atoms with Crippen LogP contribution in [0, 0.1) is 0 Å². The van der Waals surface area contributed by atoms with Gasteiger partial charge in [-0.2, -0.15) is 0 Å². The number of fused-ring (bicyclic) bond motifs is 1. The molecule has 33 heavy (non-hydrogen) atoms. The fourth-order valence-corrected chi connectivity index (χ4v) is 7.34. The number of thioether (sulfide) groups is 1. The van der Waals surface area contributed by atoms with Gasteiger partial charge in [0, 0.05) is 42.4 Å². The lowest BCUT2D eigenvalue weighted by molar-refractivity contribution is -0.114. The summed E-state index contributed by atoms with van der Waals surface area (Å²) in [5.41, 5.74) is 3.01. The number of hydrogen-bond donors (Lipinski definition) is 0. The molecule has 0 saturated carbocycles. The van der Waals surface area contributed by atoms with Crippen molar-refractivity contribution in [3.63, 3.8) is 0 Å². The zero-order valence-corrected chi connectivity index (χ0v) is 21.1. The normalized spacial score (nSPS) is 23.0. The average Bonchev–Trinajstić information content (AvgIpc) is 3.38. The molecule has 4 rings (SSSR count). The molecule has 0 radical (unpaired) electrons. The third-order valence-corrected chi connectivity index (χ3v) is 9.42. The molecule has 1 saturated heterocycles. The number of carbonyl (C=O) groups is 1. The number of anilines is 1. The van der Waals surface area contributed by atoms with E-state index in [9.17, 15) is 13.2 Å². The van der Waals surface area contributed by atoms with Crippen LogP contribution in [0.4, 0.5) is 5.69 Å². The van der Waals surface area contributed by atoms with Gasteiger partial charge in [-0.25, -0.2) is 8.42 Å². The molecule has 1 aromatic heterocycles. The molecule has 176 valence electrons. The van der Waals surface area contributed by atoms with Gasteiger partial charge in [0.05, 0.1) is 16.8 Å². The first-order chi connectivity index (χ1) is 15.5. The number of carbonyl (C=O) groups excluding carboxylic acids is 1. The number of rotatable bonds is 7. The van der Waals surface area contributed by atoms with Gasteiger partial charge in [0.25, 0.3) is 0 Å². The number of nitrogens with zero attached hydrogens (tertiary/aromatic N) is 4. The van der Waals surface area contributed by atoms with Gasteiger partial charge >= 0.3 is 0 Å². The van der Waals surface area contributed by atoms with E-state index in [0.717, 1.165) is 11.4 Å². The van der Waals surface area contributed by atoms with Crippen molar-refractivity contribution in [3.05, 3.63) is 60.1 Å². The Morgan fingerprint density at radius 2 is 2.06 bits per heavy atom. The molecule has 1 aromatic carbocycles. The number of sulfone groups is 1. The van der Waals surface area contributed by atoms with Crippen LogP contribution in [-0.2, 0) is 26.6 Å². The first-order valence-corrected chi connectivity index (χ1v) is 13.8. The van der Waals surface area contributed by atoms with Gasteiger partial charge in [-0.3, -0.25) is 4.79 Å². The van der Waals surface area contributed by atoms with Crippen LogP contribution in [-0.4, -0.2) is 52.8 Å². The zero-order valence-electron chi connectivity index (χ0n) is 19.5. The smallest absolute Gasteiger partial charge is 0.192 e. The fourth-order valence-electron chi connectivity index (χ4n) is 4.72. The molecular formula is C24H30N4O3S2. The monoisotopic (exact) mass is 486 g/mol. The van der Waals surface area contributed by atoms with E-state index in [2.05, 4.69) is 47.7 Å². The summed E-state index contributed by atoms with van der Waals surface area (Å²) in [5.74, 6) is 0.755. The summed E-state index contributed by atoms with van der Waals surface area (Å²) in [5, 5.41) is 8.84. The lowest BCUT2D eigenvalue weighted by atomic mass is 9.83. The predicted octanol–water partition coefficient (Wildman–Crippen LogP) is 3.73. The zero-order chi connectivity index (χ0) is 24.0. The Hall–Kier alpha value is -2.39. The summed E-state index contributed by atoms with van der Waals surface area (Å²) in [6.45, 7) is 10.4. The van der Waals surface area contributed by atoms with Crippen molar-refractivity contribution in [1.82, 2.24) is 14.8 Å². The highest BCUT2D eigenvalue weighted by Crippen LogP contribution is 2.46. The van der Waals surface area contributed by atoms with Crippen LogP contribution in [0.15, 0.2) is 53.8 Å². The van der Waals surface area contributed by atoms with E-state index >= 15 is 0 Å². The summed E-state index contributed by atoms with van der Waals surface area (Å²) in [6.07, 6.45) is 4.03. The van der Waals surface area contributed by atoms with Crippen LogP contribution >= 0.6 is 11.8 Å². The lowest BCUT2D eigenvalue weighted by Gasteiger charge is -2.24. The average molecular weight is 487 g/mol. The molecule has 0 amide bonds. The van der Waals surface area contributed by atoms with Gasteiger partial charge < -0.3 is 9.47 Å². The fraction of sp³-hybridized carbons (Fsp3) is 0.458. The summed E-state index contributed by atoms with van der Waals surface area (Å²) in [4.78, 5) is 15.3. The van der Waals surface area contributed by atoms with Gasteiger partial charge in [-0.05, 0) is 25.0 Å². The van der Waals surface area contributed by atoms with Crippen molar-refractivity contribution in [2.45, 2.75) is 55.5 Å². The lowest BCUT2D eigenvalue weighted by Crippen LogP contribution is -2.25. The molecule has 2 atom stereocenters. The van der Waals surface area contributed by atoms with E-state index in [1.807, 2.05) is 30.7 Å². The minimum Gasteiger partial charge on any atom is -0.347 e. The summed E-state index contributed by atoms with van der Waals surface area (Å²) < 4.78 is 25.8. The van der Waals surface area contributed by atoms with Gasteiger partial charge in [0.15, 0.2) is 20.8 Å². The van der Waals surface area contributed by atoms with E-state index in [4.69, 9.17) is 0 Å². The molecule has 2 aliphatic heterocycles. The number of ketones is 1. The SMILES string of the molecule is C=CCn1c(SC(C)C(=O)/C=C2/N(C)c3ccccc3C2(C)C)nnc1C1CCS(=O)(=O)C1. The molecule has 1 fully saturated rings. The number of likely N-dealkylation sites (N-methyl/N-ethyl adjacent to an activating group) is 1. The molecule has 0 aliphatic carbocycles. The Kier molecular flexibility index (Phi) is 6.30. The Labute approximate surface area is 199 Å². The van der Waals surface area contributed by atoms with Crippen LogP contribution < -0.4 is 4.90 Å². The van der Waals surface area contributed by atoms with Gasteiger partial charge in [0.2, 0.25) is 0 Å².